The van der Waals surface area contributed by atoms with Gasteiger partial charge in [-0.2, -0.15) is 0 Å². The van der Waals surface area contributed by atoms with Crippen LogP contribution in [0.2, 0.25) is 0 Å². The fraction of sp³-hybridized carbons (Fsp3) is 0.333. The summed E-state index contributed by atoms with van der Waals surface area (Å²) in [6.07, 6.45) is 0. The van der Waals surface area contributed by atoms with E-state index < -0.39 is 0 Å². The topological polar surface area (TPSA) is 37.2 Å². The molecule has 0 saturated heterocycles. The van der Waals surface area contributed by atoms with Crippen LogP contribution in [0.1, 0.15) is 11.3 Å². The van der Waals surface area contributed by atoms with E-state index in [2.05, 4.69) is 16.0 Å². The van der Waals surface area contributed by atoms with Crippen molar-refractivity contribution in [2.24, 2.45) is 0 Å². The molecule has 0 amide bonds. The molecule has 0 atom stereocenters. The van der Waals surface area contributed by atoms with E-state index in [9.17, 15) is 5.11 Å². The van der Waals surface area contributed by atoms with Crippen molar-refractivity contribution in [2.45, 2.75) is 20.0 Å². The molecule has 3 rings (SSSR count). The molecule has 1 aromatic heterocycles. The molecule has 0 saturated carbocycles. The first kappa shape index (κ1) is 8.80. The Morgan fingerprint density at radius 1 is 1.40 bits per heavy atom. The second kappa shape index (κ2) is 3.00. The smallest absolute Gasteiger partial charge is 0.144 e. The van der Waals surface area contributed by atoms with Crippen molar-refractivity contribution in [3.05, 3.63) is 29.5 Å². The highest BCUT2D eigenvalue weighted by Gasteiger charge is 2.17. The second-order valence-corrected chi connectivity index (χ2v) is 4.08. The van der Waals surface area contributed by atoms with Gasteiger partial charge in [0.25, 0.3) is 0 Å². The lowest BCUT2D eigenvalue weighted by molar-refractivity contribution is 0.471. The Morgan fingerprint density at radius 3 is 3.13 bits per heavy atom. The van der Waals surface area contributed by atoms with Crippen LogP contribution >= 0.6 is 0 Å². The third-order valence-corrected chi connectivity index (χ3v) is 3.22. The molecule has 2 N–H and O–H groups in total. The van der Waals surface area contributed by atoms with Gasteiger partial charge in [-0.25, -0.2) is 0 Å². The molecule has 78 valence electrons. The van der Waals surface area contributed by atoms with Gasteiger partial charge < -0.3 is 15.0 Å². The summed E-state index contributed by atoms with van der Waals surface area (Å²) in [5.74, 6) is 0.439. The lowest BCUT2D eigenvalue weighted by atomic mass is 10.1. The van der Waals surface area contributed by atoms with E-state index in [-0.39, 0.29) is 0 Å². The minimum Gasteiger partial charge on any atom is -0.505 e. The quantitative estimate of drug-likeness (QED) is 0.683. The van der Waals surface area contributed by atoms with E-state index in [1.807, 2.05) is 19.1 Å². The molecular formula is C12H14N2O. The average molecular weight is 202 g/mol. The van der Waals surface area contributed by atoms with Gasteiger partial charge in [0.05, 0.1) is 11.2 Å². The minimum atomic E-state index is 0.439. The molecule has 0 unspecified atom stereocenters. The van der Waals surface area contributed by atoms with E-state index in [4.69, 9.17) is 0 Å². The highest BCUT2D eigenvalue weighted by molar-refractivity contribution is 5.90. The van der Waals surface area contributed by atoms with Crippen molar-refractivity contribution in [3.8, 4) is 5.75 Å². The Hall–Kier alpha value is -1.48. The third-order valence-electron chi connectivity index (χ3n) is 3.22. The van der Waals surface area contributed by atoms with Crippen LogP contribution in [0.15, 0.2) is 18.2 Å². The molecule has 1 aromatic carbocycles. The van der Waals surface area contributed by atoms with Crippen LogP contribution in [0.5, 0.6) is 5.75 Å². The number of para-hydroxylation sites is 1. The van der Waals surface area contributed by atoms with Gasteiger partial charge in [0.1, 0.15) is 5.75 Å². The van der Waals surface area contributed by atoms with Crippen LogP contribution in [-0.4, -0.2) is 16.2 Å². The van der Waals surface area contributed by atoms with Crippen molar-refractivity contribution in [3.63, 3.8) is 0 Å². The summed E-state index contributed by atoms with van der Waals surface area (Å²) < 4.78 is 2.21. The van der Waals surface area contributed by atoms with Crippen molar-refractivity contribution >= 4 is 10.9 Å². The van der Waals surface area contributed by atoms with Gasteiger partial charge in [-0.1, -0.05) is 12.1 Å². The Labute approximate surface area is 88.3 Å². The zero-order chi connectivity index (χ0) is 10.4. The van der Waals surface area contributed by atoms with Crippen LogP contribution in [0.4, 0.5) is 0 Å². The Kier molecular flexibility index (Phi) is 1.76. The molecule has 0 aliphatic carbocycles. The van der Waals surface area contributed by atoms with Gasteiger partial charge in [-0.15, -0.1) is 0 Å². The number of hydrogen-bond acceptors (Lipinski definition) is 2. The third kappa shape index (κ3) is 1.10. The van der Waals surface area contributed by atoms with E-state index in [0.717, 1.165) is 30.7 Å². The van der Waals surface area contributed by atoms with Gasteiger partial charge in [0, 0.05) is 25.0 Å². The molecule has 1 aliphatic heterocycles. The largest absolute Gasteiger partial charge is 0.505 e. The monoisotopic (exact) mass is 202 g/mol. The van der Waals surface area contributed by atoms with E-state index >= 15 is 0 Å². The predicted molar refractivity (Wildman–Crippen MR) is 60.0 cm³/mol. The number of benzene rings is 1. The van der Waals surface area contributed by atoms with Gasteiger partial charge in [-0.05, 0) is 18.6 Å². The van der Waals surface area contributed by atoms with Gasteiger partial charge in [-0.3, -0.25) is 0 Å². The maximum atomic E-state index is 10.0. The lowest BCUT2D eigenvalue weighted by Crippen LogP contribution is -2.15. The SMILES string of the molecule is Cc1c(O)c2cccc3c2n1CCNC3. The molecule has 1 aliphatic rings. The van der Waals surface area contributed by atoms with Gasteiger partial charge >= 0.3 is 0 Å². The van der Waals surface area contributed by atoms with E-state index in [1.165, 1.54) is 11.1 Å². The first-order valence-electron chi connectivity index (χ1n) is 5.29. The van der Waals surface area contributed by atoms with Crippen LogP contribution in [-0.2, 0) is 13.1 Å². The number of nitrogens with one attached hydrogen (secondary N) is 1. The summed E-state index contributed by atoms with van der Waals surface area (Å²) in [7, 11) is 0. The molecule has 3 nitrogen and oxygen atoms in total. The zero-order valence-corrected chi connectivity index (χ0v) is 8.75. The summed E-state index contributed by atoms with van der Waals surface area (Å²) in [4.78, 5) is 0. The van der Waals surface area contributed by atoms with Crippen molar-refractivity contribution in [2.75, 3.05) is 6.54 Å². The minimum absolute atomic E-state index is 0.439. The van der Waals surface area contributed by atoms with Gasteiger partial charge in [0.2, 0.25) is 0 Å². The van der Waals surface area contributed by atoms with Crippen molar-refractivity contribution in [1.82, 2.24) is 9.88 Å². The summed E-state index contributed by atoms with van der Waals surface area (Å²) >= 11 is 0. The van der Waals surface area contributed by atoms with Crippen LogP contribution in [0.3, 0.4) is 0 Å². The fourth-order valence-corrected chi connectivity index (χ4v) is 2.43. The maximum Gasteiger partial charge on any atom is 0.144 e. The number of aromatic nitrogens is 1. The molecule has 0 bridgehead atoms. The van der Waals surface area contributed by atoms with Crippen molar-refractivity contribution in [1.29, 1.82) is 0 Å². The predicted octanol–water partition coefficient (Wildman–Crippen LogP) is 1.76. The number of hydrogen-bond donors (Lipinski definition) is 2. The first-order valence-corrected chi connectivity index (χ1v) is 5.29. The average Bonchev–Trinajstić information content (AvgIpc) is 2.45. The summed E-state index contributed by atoms with van der Waals surface area (Å²) in [6.45, 7) is 4.75. The molecule has 0 fully saturated rings. The molecule has 3 heteroatoms. The highest BCUT2D eigenvalue weighted by Crippen LogP contribution is 2.34. The lowest BCUT2D eigenvalue weighted by Gasteiger charge is -2.04. The Morgan fingerprint density at radius 2 is 2.27 bits per heavy atom. The maximum absolute atomic E-state index is 10.0. The molecular weight excluding hydrogens is 188 g/mol. The molecule has 0 spiro atoms. The number of nitrogens with zero attached hydrogens (tertiary/aromatic N) is 1. The van der Waals surface area contributed by atoms with E-state index in [1.54, 1.807) is 0 Å². The second-order valence-electron chi connectivity index (χ2n) is 4.08. The number of aromatic hydroxyl groups is 1. The van der Waals surface area contributed by atoms with E-state index in [0.29, 0.717) is 5.75 Å². The molecule has 0 radical (unpaired) electrons. The summed E-state index contributed by atoms with van der Waals surface area (Å²) in [5, 5.41) is 14.4. The summed E-state index contributed by atoms with van der Waals surface area (Å²) in [5.41, 5.74) is 3.44. The fourth-order valence-electron chi connectivity index (χ4n) is 2.43. The number of rotatable bonds is 0. The first-order chi connectivity index (χ1) is 7.29. The Bertz CT molecular complexity index is 528. The summed E-state index contributed by atoms with van der Waals surface area (Å²) in [6, 6.07) is 6.12. The van der Waals surface area contributed by atoms with Gasteiger partial charge in [0.15, 0.2) is 0 Å². The van der Waals surface area contributed by atoms with Crippen molar-refractivity contribution < 1.29 is 5.11 Å². The highest BCUT2D eigenvalue weighted by atomic mass is 16.3. The Balaban J connectivity index is 2.47. The van der Waals surface area contributed by atoms with Crippen LogP contribution in [0.25, 0.3) is 10.9 Å². The molecule has 15 heavy (non-hydrogen) atoms. The molecule has 2 heterocycles. The molecule has 2 aromatic rings. The van der Waals surface area contributed by atoms with Crippen LogP contribution in [0, 0.1) is 6.92 Å². The normalized spacial score (nSPS) is 15.5. The standard InChI is InChI=1S/C12H14N2O/c1-8-12(15)10-4-2-3-9-7-13-5-6-14(8)11(9)10/h2-4,13,15H,5-7H2,1H3. The zero-order valence-electron chi connectivity index (χ0n) is 8.75. The van der Waals surface area contributed by atoms with Crippen LogP contribution < -0.4 is 5.32 Å².